The first-order valence-corrected chi connectivity index (χ1v) is 8.13. The number of para-hydroxylation sites is 1. The molecule has 2 aromatic carbocycles. The van der Waals surface area contributed by atoms with Crippen LogP contribution >= 0.6 is 15.9 Å². The van der Waals surface area contributed by atoms with E-state index in [9.17, 15) is 14.4 Å². The van der Waals surface area contributed by atoms with E-state index in [0.717, 1.165) is 4.47 Å². The minimum absolute atomic E-state index is 0.206. The van der Waals surface area contributed by atoms with Crippen LogP contribution in [0.25, 0.3) is 0 Å². The van der Waals surface area contributed by atoms with Crippen LogP contribution < -0.4 is 20.9 Å². The molecule has 0 saturated heterocycles. The fourth-order valence-corrected chi connectivity index (χ4v) is 2.00. The highest BCUT2D eigenvalue weighted by Gasteiger charge is 2.09. The van der Waals surface area contributed by atoms with Gasteiger partial charge in [-0.15, -0.1) is 0 Å². The molecule has 0 spiro atoms. The zero-order valence-electron chi connectivity index (χ0n) is 13.1. The Bertz CT molecular complexity index is 735. The summed E-state index contributed by atoms with van der Waals surface area (Å²) >= 11 is 3.27. The first kappa shape index (κ1) is 18.5. The van der Waals surface area contributed by atoms with Crippen molar-refractivity contribution < 1.29 is 19.1 Å². The monoisotopic (exact) mass is 405 g/mol. The van der Waals surface area contributed by atoms with E-state index in [-0.39, 0.29) is 13.2 Å². The third-order valence-electron chi connectivity index (χ3n) is 2.98. The number of hydrogen-bond acceptors (Lipinski definition) is 4. The molecule has 0 heterocycles. The maximum Gasteiger partial charge on any atom is 0.269 e. The van der Waals surface area contributed by atoms with Crippen LogP contribution in [0.4, 0.5) is 0 Å². The zero-order chi connectivity index (χ0) is 18.1. The highest BCUT2D eigenvalue weighted by Crippen LogP contribution is 2.10. The molecule has 8 heteroatoms. The number of amides is 3. The van der Waals surface area contributed by atoms with Crippen molar-refractivity contribution in [3.8, 4) is 5.75 Å². The van der Waals surface area contributed by atoms with Crippen LogP contribution in [-0.4, -0.2) is 30.9 Å². The molecule has 2 rings (SSSR count). The molecule has 0 bridgehead atoms. The third kappa shape index (κ3) is 6.64. The summed E-state index contributed by atoms with van der Waals surface area (Å²) in [6, 6.07) is 15.5. The average Bonchev–Trinajstić information content (AvgIpc) is 2.64. The van der Waals surface area contributed by atoms with Crippen LogP contribution in [0.3, 0.4) is 0 Å². The summed E-state index contributed by atoms with van der Waals surface area (Å²) in [5, 5.41) is 2.39. The van der Waals surface area contributed by atoms with E-state index in [1.54, 1.807) is 48.5 Å². The van der Waals surface area contributed by atoms with Gasteiger partial charge in [0.05, 0.1) is 6.54 Å². The standard InChI is InChI=1S/C17H16BrN3O4/c18-13-8-6-12(7-9-13)17(24)21-20-15(22)10-19-16(23)11-25-14-4-2-1-3-5-14/h1-9H,10-11H2,(H,19,23)(H,20,22)(H,21,24). The number of hydrogen-bond donors (Lipinski definition) is 3. The normalized spacial score (nSPS) is 9.80. The lowest BCUT2D eigenvalue weighted by Crippen LogP contribution is -2.46. The quantitative estimate of drug-likeness (QED) is 0.632. The summed E-state index contributed by atoms with van der Waals surface area (Å²) in [5.41, 5.74) is 4.87. The number of benzene rings is 2. The zero-order valence-corrected chi connectivity index (χ0v) is 14.7. The Balaban J connectivity index is 1.65. The van der Waals surface area contributed by atoms with Crippen molar-refractivity contribution in [1.29, 1.82) is 0 Å². The Morgan fingerprint density at radius 2 is 1.56 bits per heavy atom. The van der Waals surface area contributed by atoms with E-state index in [1.165, 1.54) is 0 Å². The fraction of sp³-hybridized carbons (Fsp3) is 0.118. The Kier molecular flexibility index (Phi) is 6.97. The molecule has 130 valence electrons. The summed E-state index contributed by atoms with van der Waals surface area (Å²) in [6.07, 6.45) is 0. The van der Waals surface area contributed by atoms with Crippen LogP contribution in [0.15, 0.2) is 59.1 Å². The highest BCUT2D eigenvalue weighted by atomic mass is 79.9. The smallest absolute Gasteiger partial charge is 0.269 e. The lowest BCUT2D eigenvalue weighted by molar-refractivity contribution is -0.127. The van der Waals surface area contributed by atoms with Gasteiger partial charge in [-0.25, -0.2) is 0 Å². The number of rotatable bonds is 6. The topological polar surface area (TPSA) is 96.5 Å². The summed E-state index contributed by atoms with van der Waals surface area (Å²) in [4.78, 5) is 35.0. The second-order valence-corrected chi connectivity index (χ2v) is 5.80. The molecule has 25 heavy (non-hydrogen) atoms. The van der Waals surface area contributed by atoms with Crippen molar-refractivity contribution in [2.45, 2.75) is 0 Å². The van der Waals surface area contributed by atoms with Crippen molar-refractivity contribution in [1.82, 2.24) is 16.2 Å². The molecule has 7 nitrogen and oxygen atoms in total. The minimum atomic E-state index is -0.557. The van der Waals surface area contributed by atoms with Gasteiger partial charge in [-0.3, -0.25) is 25.2 Å². The van der Waals surface area contributed by atoms with E-state index in [2.05, 4.69) is 32.1 Å². The molecule has 0 unspecified atom stereocenters. The minimum Gasteiger partial charge on any atom is -0.484 e. The highest BCUT2D eigenvalue weighted by molar-refractivity contribution is 9.10. The molecule has 0 saturated carbocycles. The van der Waals surface area contributed by atoms with Crippen LogP contribution in [0.5, 0.6) is 5.75 Å². The van der Waals surface area contributed by atoms with Crippen molar-refractivity contribution in [2.75, 3.05) is 13.2 Å². The average molecular weight is 406 g/mol. The van der Waals surface area contributed by atoms with Gasteiger partial charge in [0.2, 0.25) is 0 Å². The van der Waals surface area contributed by atoms with Gasteiger partial charge in [-0.1, -0.05) is 34.1 Å². The maximum absolute atomic E-state index is 11.8. The predicted octanol–water partition coefficient (Wildman–Crippen LogP) is 1.41. The molecule has 0 aliphatic heterocycles. The lowest BCUT2D eigenvalue weighted by atomic mass is 10.2. The number of ether oxygens (including phenoxy) is 1. The third-order valence-corrected chi connectivity index (χ3v) is 3.51. The molecule has 2 aromatic rings. The molecular formula is C17H16BrN3O4. The van der Waals surface area contributed by atoms with E-state index in [1.807, 2.05) is 6.07 Å². The van der Waals surface area contributed by atoms with Gasteiger partial charge in [-0.2, -0.15) is 0 Å². The van der Waals surface area contributed by atoms with Crippen molar-refractivity contribution in [2.24, 2.45) is 0 Å². The van der Waals surface area contributed by atoms with Gasteiger partial charge in [0, 0.05) is 10.0 Å². The molecule has 0 aromatic heterocycles. The van der Waals surface area contributed by atoms with E-state index in [4.69, 9.17) is 4.74 Å². The number of carbonyl (C=O) groups excluding carboxylic acids is 3. The molecule has 0 atom stereocenters. The molecule has 0 radical (unpaired) electrons. The lowest BCUT2D eigenvalue weighted by Gasteiger charge is -2.09. The molecule has 3 N–H and O–H groups in total. The first-order valence-electron chi connectivity index (χ1n) is 7.34. The van der Waals surface area contributed by atoms with Crippen molar-refractivity contribution in [3.63, 3.8) is 0 Å². The summed E-state index contributed by atoms with van der Waals surface area (Å²) < 4.78 is 6.09. The Morgan fingerprint density at radius 1 is 0.880 bits per heavy atom. The molecular weight excluding hydrogens is 390 g/mol. The number of carbonyl (C=O) groups is 3. The summed E-state index contributed by atoms with van der Waals surface area (Å²) in [7, 11) is 0. The Morgan fingerprint density at radius 3 is 2.24 bits per heavy atom. The fourth-order valence-electron chi connectivity index (χ4n) is 1.74. The number of hydrazine groups is 1. The van der Waals surface area contributed by atoms with Gasteiger partial charge in [0.15, 0.2) is 6.61 Å². The van der Waals surface area contributed by atoms with E-state index in [0.29, 0.717) is 11.3 Å². The number of halogens is 1. The first-order chi connectivity index (χ1) is 12.0. The molecule has 0 aliphatic rings. The number of nitrogens with one attached hydrogen (secondary N) is 3. The van der Waals surface area contributed by atoms with Crippen molar-refractivity contribution in [3.05, 3.63) is 64.6 Å². The van der Waals surface area contributed by atoms with E-state index < -0.39 is 17.7 Å². The molecule has 0 fully saturated rings. The second-order valence-electron chi connectivity index (χ2n) is 4.89. The van der Waals surface area contributed by atoms with E-state index >= 15 is 0 Å². The Labute approximate surface area is 152 Å². The van der Waals surface area contributed by atoms with Crippen LogP contribution in [0, 0.1) is 0 Å². The maximum atomic E-state index is 11.8. The van der Waals surface area contributed by atoms with Crippen LogP contribution in [0.2, 0.25) is 0 Å². The summed E-state index contributed by atoms with van der Waals surface area (Å²) in [6.45, 7) is -0.486. The van der Waals surface area contributed by atoms with Gasteiger partial charge in [0.25, 0.3) is 17.7 Å². The predicted molar refractivity (Wildman–Crippen MR) is 94.7 cm³/mol. The second kappa shape index (κ2) is 9.43. The van der Waals surface area contributed by atoms with Crippen molar-refractivity contribution >= 4 is 33.7 Å². The Hall–Kier alpha value is -2.87. The van der Waals surface area contributed by atoms with Crippen LogP contribution in [-0.2, 0) is 9.59 Å². The van der Waals surface area contributed by atoms with Gasteiger partial charge in [-0.05, 0) is 36.4 Å². The van der Waals surface area contributed by atoms with Gasteiger partial charge < -0.3 is 10.1 Å². The van der Waals surface area contributed by atoms with Crippen LogP contribution in [0.1, 0.15) is 10.4 Å². The summed E-state index contributed by atoms with van der Waals surface area (Å²) in [5.74, 6) is -0.903. The molecule has 3 amide bonds. The van der Waals surface area contributed by atoms with Gasteiger partial charge >= 0.3 is 0 Å². The largest absolute Gasteiger partial charge is 0.484 e. The van der Waals surface area contributed by atoms with Gasteiger partial charge in [0.1, 0.15) is 5.75 Å². The molecule has 0 aliphatic carbocycles. The SMILES string of the molecule is O=C(COc1ccccc1)NCC(=O)NNC(=O)c1ccc(Br)cc1.